The molecule has 6 atom stereocenters. The standard InChI is InChI=1S/C31H44N2O4/c1-29-13-10-24(32-37-19-18-33-16-4-3-5-17-33)20-23(29)7-8-27-26(29)11-14-30(2)25(12-15-31(27,30)35)22-6-9-28(34)36-21-22/h6,9,20-21,25-27,35H,3-5,7-8,10-19H2,1-2H3/t25-,26+,27-,29+,30-,31+/m1/s1. The van der Waals surface area contributed by atoms with Gasteiger partial charge in [0.25, 0.3) is 0 Å². The molecule has 37 heavy (non-hydrogen) atoms. The maximum atomic E-state index is 12.4. The van der Waals surface area contributed by atoms with E-state index in [1.165, 1.54) is 44.0 Å². The van der Waals surface area contributed by atoms with Crippen molar-refractivity contribution < 1.29 is 14.4 Å². The quantitative estimate of drug-likeness (QED) is 0.410. The third-order valence-electron chi connectivity index (χ3n) is 11.4. The molecular weight excluding hydrogens is 464 g/mol. The van der Waals surface area contributed by atoms with Crippen molar-refractivity contribution in [3.8, 4) is 0 Å². The van der Waals surface area contributed by atoms with Crippen LogP contribution in [0.4, 0.5) is 0 Å². The van der Waals surface area contributed by atoms with Crippen molar-refractivity contribution in [1.29, 1.82) is 0 Å². The summed E-state index contributed by atoms with van der Waals surface area (Å²) in [5, 5.41) is 17.0. The van der Waals surface area contributed by atoms with Crippen LogP contribution in [0.25, 0.3) is 0 Å². The second-order valence-electron chi connectivity index (χ2n) is 13.0. The van der Waals surface area contributed by atoms with Crippen molar-refractivity contribution in [3.63, 3.8) is 0 Å². The predicted octanol–water partition coefficient (Wildman–Crippen LogP) is 5.66. The van der Waals surface area contributed by atoms with E-state index in [0.717, 1.165) is 69.2 Å². The van der Waals surface area contributed by atoms with Crippen molar-refractivity contribution in [2.45, 2.75) is 96.0 Å². The van der Waals surface area contributed by atoms with Crippen molar-refractivity contribution in [2.24, 2.45) is 27.8 Å². The zero-order valence-electron chi connectivity index (χ0n) is 22.7. The molecule has 4 fully saturated rings. The normalized spacial score (nSPS) is 41.0. The largest absolute Gasteiger partial charge is 0.431 e. The lowest BCUT2D eigenvalue weighted by atomic mass is 9.45. The highest BCUT2D eigenvalue weighted by molar-refractivity contribution is 5.96. The summed E-state index contributed by atoms with van der Waals surface area (Å²) < 4.78 is 5.23. The average molecular weight is 509 g/mol. The SMILES string of the molecule is C[C@]12CCC(=NOCCN3CCCCC3)C=C1CC[C@@H]1[C@@H]2CC[C@]2(C)[C@@H](c3ccc(=O)oc3)CC[C@]12O. The molecule has 3 saturated carbocycles. The van der Waals surface area contributed by atoms with Gasteiger partial charge in [0.2, 0.25) is 0 Å². The minimum absolute atomic E-state index is 0.129. The first-order valence-corrected chi connectivity index (χ1v) is 14.8. The fourth-order valence-electron chi connectivity index (χ4n) is 9.20. The second kappa shape index (κ2) is 9.68. The first-order chi connectivity index (χ1) is 17.8. The monoisotopic (exact) mass is 508 g/mol. The number of piperidine rings is 1. The van der Waals surface area contributed by atoms with Gasteiger partial charge in [0.15, 0.2) is 0 Å². The smallest absolute Gasteiger partial charge is 0.335 e. The number of oxime groups is 1. The lowest BCUT2D eigenvalue weighted by Crippen LogP contribution is -2.60. The lowest BCUT2D eigenvalue weighted by Gasteiger charge is -2.61. The first-order valence-electron chi connectivity index (χ1n) is 14.8. The molecule has 6 rings (SSSR count). The summed E-state index contributed by atoms with van der Waals surface area (Å²) in [4.78, 5) is 19.8. The maximum absolute atomic E-state index is 12.4. The van der Waals surface area contributed by atoms with Crippen LogP contribution < -0.4 is 5.63 Å². The minimum Gasteiger partial charge on any atom is -0.431 e. The summed E-state index contributed by atoms with van der Waals surface area (Å²) in [6.07, 6.45) is 16.0. The molecule has 202 valence electrons. The van der Waals surface area contributed by atoms with Crippen LogP contribution in [-0.2, 0) is 4.84 Å². The fourth-order valence-corrected chi connectivity index (χ4v) is 9.20. The van der Waals surface area contributed by atoms with E-state index in [4.69, 9.17) is 9.25 Å². The Morgan fingerprint density at radius 2 is 1.89 bits per heavy atom. The van der Waals surface area contributed by atoms with Gasteiger partial charge in [-0.1, -0.05) is 31.0 Å². The van der Waals surface area contributed by atoms with Gasteiger partial charge in [-0.2, -0.15) is 0 Å². The topological polar surface area (TPSA) is 75.3 Å². The molecule has 0 spiro atoms. The summed E-state index contributed by atoms with van der Waals surface area (Å²) in [6, 6.07) is 3.44. The van der Waals surface area contributed by atoms with E-state index in [-0.39, 0.29) is 22.4 Å². The third kappa shape index (κ3) is 4.23. The zero-order chi connectivity index (χ0) is 25.7. The Morgan fingerprint density at radius 1 is 1.05 bits per heavy atom. The Labute approximate surface area is 221 Å². The van der Waals surface area contributed by atoms with Gasteiger partial charge in [0.1, 0.15) is 6.61 Å². The molecule has 4 aliphatic carbocycles. The number of aliphatic hydroxyl groups is 1. The molecule has 2 heterocycles. The molecule has 0 amide bonds. The number of nitrogens with zero attached hydrogens (tertiary/aromatic N) is 2. The third-order valence-corrected chi connectivity index (χ3v) is 11.4. The van der Waals surface area contributed by atoms with E-state index in [1.807, 2.05) is 6.07 Å². The van der Waals surface area contributed by atoms with Crippen LogP contribution in [0.1, 0.15) is 96.0 Å². The Morgan fingerprint density at radius 3 is 2.68 bits per heavy atom. The molecule has 5 aliphatic rings. The maximum Gasteiger partial charge on any atom is 0.335 e. The van der Waals surface area contributed by atoms with Gasteiger partial charge in [0.05, 0.1) is 17.6 Å². The zero-order valence-corrected chi connectivity index (χ0v) is 22.7. The van der Waals surface area contributed by atoms with Crippen LogP contribution in [0.5, 0.6) is 0 Å². The van der Waals surface area contributed by atoms with Crippen LogP contribution in [-0.4, -0.2) is 47.6 Å². The van der Waals surface area contributed by atoms with E-state index >= 15 is 0 Å². The van der Waals surface area contributed by atoms with Crippen LogP contribution in [0.3, 0.4) is 0 Å². The van der Waals surface area contributed by atoms with E-state index in [2.05, 4.69) is 30.0 Å². The van der Waals surface area contributed by atoms with E-state index in [1.54, 1.807) is 6.26 Å². The number of likely N-dealkylation sites (tertiary alicyclic amines) is 1. The van der Waals surface area contributed by atoms with E-state index in [0.29, 0.717) is 18.4 Å². The summed E-state index contributed by atoms with van der Waals surface area (Å²) in [6.45, 7) is 8.78. The molecule has 1 aliphatic heterocycles. The molecule has 6 heteroatoms. The number of allylic oxidation sites excluding steroid dienone is 2. The molecular formula is C31H44N2O4. The molecule has 0 bridgehead atoms. The Hall–Kier alpha value is -1.92. The minimum atomic E-state index is -0.669. The molecule has 1 aromatic rings. The highest BCUT2D eigenvalue weighted by Gasteiger charge is 2.66. The molecule has 0 unspecified atom stereocenters. The summed E-state index contributed by atoms with van der Waals surface area (Å²) in [7, 11) is 0. The van der Waals surface area contributed by atoms with Gasteiger partial charge in [-0.25, -0.2) is 4.79 Å². The number of fused-ring (bicyclic) bond motifs is 5. The second-order valence-corrected chi connectivity index (χ2v) is 13.0. The van der Waals surface area contributed by atoms with Gasteiger partial charge in [-0.15, -0.1) is 0 Å². The van der Waals surface area contributed by atoms with Crippen LogP contribution >= 0.6 is 0 Å². The lowest BCUT2D eigenvalue weighted by molar-refractivity contribution is -0.176. The fraction of sp³-hybridized carbons (Fsp3) is 0.742. The Balaban J connectivity index is 1.16. The molecule has 0 aromatic carbocycles. The Kier molecular flexibility index (Phi) is 6.63. The summed E-state index contributed by atoms with van der Waals surface area (Å²) in [5.74, 6) is 1.05. The first kappa shape index (κ1) is 25.4. The predicted molar refractivity (Wildman–Crippen MR) is 145 cm³/mol. The van der Waals surface area contributed by atoms with Gasteiger partial charge >= 0.3 is 5.63 Å². The highest BCUT2D eigenvalue weighted by Crippen LogP contribution is 2.69. The van der Waals surface area contributed by atoms with Crippen molar-refractivity contribution in [1.82, 2.24) is 4.90 Å². The van der Waals surface area contributed by atoms with E-state index < -0.39 is 5.60 Å². The van der Waals surface area contributed by atoms with E-state index in [9.17, 15) is 9.90 Å². The number of hydrogen-bond donors (Lipinski definition) is 1. The van der Waals surface area contributed by atoms with Gasteiger partial charge in [-0.3, -0.25) is 4.90 Å². The molecule has 1 saturated heterocycles. The molecule has 1 aromatic heterocycles. The average Bonchev–Trinajstić information content (AvgIpc) is 3.19. The Bertz CT molecular complexity index is 1100. The number of rotatable bonds is 5. The van der Waals surface area contributed by atoms with Crippen LogP contribution in [0.2, 0.25) is 0 Å². The molecule has 0 radical (unpaired) electrons. The number of hydrogen-bond acceptors (Lipinski definition) is 6. The molecule has 6 nitrogen and oxygen atoms in total. The van der Waals surface area contributed by atoms with Gasteiger partial charge in [0, 0.05) is 18.0 Å². The van der Waals surface area contributed by atoms with Crippen molar-refractivity contribution >= 4 is 5.71 Å². The van der Waals surface area contributed by atoms with Crippen LogP contribution in [0, 0.1) is 22.7 Å². The van der Waals surface area contributed by atoms with Gasteiger partial charge < -0.3 is 14.4 Å². The summed E-state index contributed by atoms with van der Waals surface area (Å²) >= 11 is 0. The van der Waals surface area contributed by atoms with Crippen LogP contribution in [0.15, 0.2) is 44.4 Å². The summed E-state index contributed by atoms with van der Waals surface area (Å²) in [5.41, 5.74) is 2.65. The van der Waals surface area contributed by atoms with Gasteiger partial charge in [-0.05, 0) is 118 Å². The molecule has 1 N–H and O–H groups in total. The van der Waals surface area contributed by atoms with Crippen molar-refractivity contribution in [3.05, 3.63) is 46.0 Å². The van der Waals surface area contributed by atoms with Crippen molar-refractivity contribution in [2.75, 3.05) is 26.2 Å². The highest BCUT2D eigenvalue weighted by atomic mass is 16.6.